The number of likely N-dealkylation sites (tertiary alicyclic amines) is 1. The normalized spacial score (nSPS) is 21.9. The second kappa shape index (κ2) is 10.6. The first kappa shape index (κ1) is 22.4. The summed E-state index contributed by atoms with van der Waals surface area (Å²) in [4.78, 5) is 26.5. The highest BCUT2D eigenvalue weighted by molar-refractivity contribution is 5.94. The van der Waals surface area contributed by atoms with E-state index in [1.807, 2.05) is 0 Å². The highest BCUT2D eigenvalue weighted by atomic mass is 35.5. The third kappa shape index (κ3) is 6.04. The van der Waals surface area contributed by atoms with Gasteiger partial charge in [-0.2, -0.15) is 8.78 Å². The standard InChI is InChI=1S/C19H25F2N3O3.ClH/c20-19(21)27-15-7-5-14(6-8-15)18(26)24-10-2-3-13(12-24)11-23-17(25)16-4-1-9-22-16;/h5-8,13,16,19,22H,1-4,9-12H2,(H,23,25);1H. The fraction of sp³-hybridized carbons (Fsp3) is 0.579. The number of carbonyl (C=O) groups excluding carboxylic acids is 2. The molecule has 1 aromatic rings. The quantitative estimate of drug-likeness (QED) is 0.745. The molecule has 0 saturated carbocycles. The first-order chi connectivity index (χ1) is 13.0. The third-order valence-electron chi connectivity index (χ3n) is 5.07. The maximum Gasteiger partial charge on any atom is 0.387 e. The molecule has 2 N–H and O–H groups in total. The molecule has 0 bridgehead atoms. The second-order valence-corrected chi connectivity index (χ2v) is 7.06. The van der Waals surface area contributed by atoms with Crippen molar-refractivity contribution in [3.63, 3.8) is 0 Å². The summed E-state index contributed by atoms with van der Waals surface area (Å²) in [5.41, 5.74) is 0.441. The predicted octanol–water partition coefficient (Wildman–Crippen LogP) is 2.43. The molecule has 0 radical (unpaired) electrons. The Morgan fingerprint density at radius 1 is 1.21 bits per heavy atom. The lowest BCUT2D eigenvalue weighted by Crippen LogP contribution is -2.46. The number of nitrogens with zero attached hydrogens (tertiary/aromatic N) is 1. The van der Waals surface area contributed by atoms with Crippen LogP contribution >= 0.6 is 12.4 Å². The van der Waals surface area contributed by atoms with E-state index >= 15 is 0 Å². The van der Waals surface area contributed by atoms with Crippen LogP contribution < -0.4 is 15.4 Å². The number of halogens is 3. The molecule has 2 heterocycles. The number of hydrogen-bond donors (Lipinski definition) is 2. The van der Waals surface area contributed by atoms with Crippen molar-refractivity contribution in [2.24, 2.45) is 5.92 Å². The third-order valence-corrected chi connectivity index (χ3v) is 5.07. The summed E-state index contributed by atoms with van der Waals surface area (Å²) in [5.74, 6) is 0.147. The summed E-state index contributed by atoms with van der Waals surface area (Å²) in [6.45, 7) is -0.216. The van der Waals surface area contributed by atoms with Gasteiger partial charge in [0, 0.05) is 25.2 Å². The van der Waals surface area contributed by atoms with Crippen LogP contribution in [0.1, 0.15) is 36.0 Å². The van der Waals surface area contributed by atoms with Gasteiger partial charge in [-0.15, -0.1) is 12.4 Å². The minimum atomic E-state index is -2.89. The molecule has 2 aliphatic rings. The molecule has 28 heavy (non-hydrogen) atoms. The van der Waals surface area contributed by atoms with E-state index < -0.39 is 6.61 Å². The molecular formula is C19H26ClF2N3O3. The van der Waals surface area contributed by atoms with E-state index in [1.54, 1.807) is 4.90 Å². The van der Waals surface area contributed by atoms with Crippen molar-refractivity contribution >= 4 is 24.2 Å². The van der Waals surface area contributed by atoms with Crippen LogP contribution in [0.5, 0.6) is 5.75 Å². The van der Waals surface area contributed by atoms with Crippen molar-refractivity contribution in [3.8, 4) is 5.75 Å². The van der Waals surface area contributed by atoms with Crippen LogP contribution in [0.25, 0.3) is 0 Å². The summed E-state index contributed by atoms with van der Waals surface area (Å²) in [6.07, 6.45) is 3.72. The maximum absolute atomic E-state index is 12.7. The molecule has 3 rings (SSSR count). The van der Waals surface area contributed by atoms with Crippen molar-refractivity contribution in [2.75, 3.05) is 26.2 Å². The summed E-state index contributed by atoms with van der Waals surface area (Å²) < 4.78 is 28.7. The summed E-state index contributed by atoms with van der Waals surface area (Å²) >= 11 is 0. The Bertz CT molecular complexity index is 654. The summed E-state index contributed by atoms with van der Waals surface area (Å²) in [6, 6.07) is 5.64. The molecule has 2 amide bonds. The van der Waals surface area contributed by atoms with E-state index in [-0.39, 0.29) is 41.9 Å². The average Bonchev–Trinajstić information content (AvgIpc) is 3.21. The summed E-state index contributed by atoms with van der Waals surface area (Å²) in [7, 11) is 0. The van der Waals surface area contributed by atoms with Crippen LogP contribution in [0, 0.1) is 5.92 Å². The number of hydrogen-bond acceptors (Lipinski definition) is 4. The van der Waals surface area contributed by atoms with Crippen LogP contribution in [0.3, 0.4) is 0 Å². The fourth-order valence-corrected chi connectivity index (χ4v) is 3.65. The van der Waals surface area contributed by atoms with Crippen molar-refractivity contribution in [2.45, 2.75) is 38.3 Å². The number of carbonyl (C=O) groups is 2. The van der Waals surface area contributed by atoms with Gasteiger partial charge in [-0.1, -0.05) is 0 Å². The smallest absolute Gasteiger partial charge is 0.387 e. The van der Waals surface area contributed by atoms with Gasteiger partial charge in [-0.25, -0.2) is 0 Å². The van der Waals surface area contributed by atoms with Gasteiger partial charge >= 0.3 is 6.61 Å². The first-order valence-corrected chi connectivity index (χ1v) is 9.38. The minimum absolute atomic E-state index is 0. The zero-order valence-corrected chi connectivity index (χ0v) is 16.4. The number of amides is 2. The van der Waals surface area contributed by atoms with E-state index in [0.717, 1.165) is 32.2 Å². The second-order valence-electron chi connectivity index (χ2n) is 7.06. The molecule has 156 valence electrons. The van der Waals surface area contributed by atoms with Gasteiger partial charge < -0.3 is 20.3 Å². The number of benzene rings is 1. The molecule has 2 aliphatic heterocycles. The zero-order chi connectivity index (χ0) is 19.2. The number of piperidine rings is 1. The van der Waals surface area contributed by atoms with Gasteiger partial charge in [0.25, 0.3) is 5.91 Å². The molecule has 0 aromatic heterocycles. The van der Waals surface area contributed by atoms with E-state index in [0.29, 0.717) is 25.2 Å². The van der Waals surface area contributed by atoms with Crippen LogP contribution in [0.4, 0.5) is 8.78 Å². The molecule has 2 fully saturated rings. The van der Waals surface area contributed by atoms with Gasteiger partial charge in [-0.3, -0.25) is 9.59 Å². The highest BCUT2D eigenvalue weighted by Crippen LogP contribution is 2.20. The van der Waals surface area contributed by atoms with Crippen LogP contribution in [-0.2, 0) is 4.79 Å². The highest BCUT2D eigenvalue weighted by Gasteiger charge is 2.27. The van der Waals surface area contributed by atoms with Crippen LogP contribution in [0.15, 0.2) is 24.3 Å². The molecule has 9 heteroatoms. The molecule has 1 aromatic carbocycles. The average molecular weight is 418 g/mol. The van der Waals surface area contributed by atoms with Crippen molar-refractivity contribution < 1.29 is 23.1 Å². The number of rotatable bonds is 6. The summed E-state index contributed by atoms with van der Waals surface area (Å²) in [5, 5.41) is 6.17. The molecule has 2 unspecified atom stereocenters. The Labute approximate surface area is 169 Å². The Morgan fingerprint density at radius 3 is 2.61 bits per heavy atom. The van der Waals surface area contributed by atoms with Gasteiger partial charge in [0.15, 0.2) is 0 Å². The molecule has 2 atom stereocenters. The maximum atomic E-state index is 12.7. The Kier molecular flexibility index (Phi) is 8.44. The fourth-order valence-electron chi connectivity index (χ4n) is 3.65. The van der Waals surface area contributed by atoms with E-state index in [1.165, 1.54) is 24.3 Å². The van der Waals surface area contributed by atoms with Crippen molar-refractivity contribution in [3.05, 3.63) is 29.8 Å². The lowest BCUT2D eigenvalue weighted by molar-refractivity contribution is -0.123. The van der Waals surface area contributed by atoms with Crippen molar-refractivity contribution in [1.29, 1.82) is 0 Å². The predicted molar refractivity (Wildman–Crippen MR) is 103 cm³/mol. The lowest BCUT2D eigenvalue weighted by atomic mass is 9.97. The van der Waals surface area contributed by atoms with Gasteiger partial charge in [0.05, 0.1) is 6.04 Å². The number of ether oxygens (including phenoxy) is 1. The van der Waals surface area contributed by atoms with Gasteiger partial charge in [-0.05, 0) is 62.4 Å². The van der Waals surface area contributed by atoms with Crippen molar-refractivity contribution in [1.82, 2.24) is 15.5 Å². The number of alkyl halides is 2. The zero-order valence-electron chi connectivity index (χ0n) is 15.5. The molecule has 2 saturated heterocycles. The van der Waals surface area contributed by atoms with Gasteiger partial charge in [0.1, 0.15) is 5.75 Å². The van der Waals surface area contributed by atoms with E-state index in [4.69, 9.17) is 0 Å². The topological polar surface area (TPSA) is 70.7 Å². The minimum Gasteiger partial charge on any atom is -0.435 e. The number of nitrogens with one attached hydrogen (secondary N) is 2. The van der Waals surface area contributed by atoms with E-state index in [9.17, 15) is 18.4 Å². The molecule has 6 nitrogen and oxygen atoms in total. The van der Waals surface area contributed by atoms with Crippen LogP contribution in [0.2, 0.25) is 0 Å². The molecular weight excluding hydrogens is 392 g/mol. The van der Waals surface area contributed by atoms with Gasteiger partial charge in [0.2, 0.25) is 5.91 Å². The molecule has 0 spiro atoms. The van der Waals surface area contributed by atoms with Crippen LogP contribution in [-0.4, -0.2) is 55.5 Å². The SMILES string of the molecule is Cl.O=C(NCC1CCCN(C(=O)c2ccc(OC(F)F)cc2)C1)C1CCCN1. The largest absolute Gasteiger partial charge is 0.435 e. The molecule has 0 aliphatic carbocycles. The van der Waals surface area contributed by atoms with E-state index in [2.05, 4.69) is 15.4 Å². The Balaban J connectivity index is 0.00000280. The lowest BCUT2D eigenvalue weighted by Gasteiger charge is -2.33. The monoisotopic (exact) mass is 417 g/mol. The Morgan fingerprint density at radius 2 is 1.96 bits per heavy atom. The Hall–Kier alpha value is -1.93. The first-order valence-electron chi connectivity index (χ1n) is 9.38.